The molecule has 0 spiro atoms. The lowest BCUT2D eigenvalue weighted by atomic mass is 10.1. The third-order valence-corrected chi connectivity index (χ3v) is 3.54. The number of pyridine rings is 1. The molecule has 0 bridgehead atoms. The molecule has 3 heteroatoms. The minimum Gasteiger partial charge on any atom is -0.245 e. The fourth-order valence-electron chi connectivity index (χ4n) is 1.45. The van der Waals surface area contributed by atoms with Crippen LogP contribution >= 0.6 is 11.8 Å². The molecule has 2 rings (SSSR count). The van der Waals surface area contributed by atoms with E-state index in [4.69, 9.17) is 5.26 Å². The van der Waals surface area contributed by atoms with E-state index in [1.165, 1.54) is 16.0 Å². The number of aryl methyl sites for hydroxylation is 2. The maximum Gasteiger partial charge on any atom is 0.141 e. The molecule has 0 N–H and O–H groups in total. The summed E-state index contributed by atoms with van der Waals surface area (Å²) in [5, 5.41) is 8.79. The van der Waals surface area contributed by atoms with Gasteiger partial charge in [-0.15, -0.1) is 0 Å². The standard InChI is InChI=1S/C14H12N2S/c1-10-3-4-13(7-11(10)2)17-14-5-6-16-12(8-14)9-15/h3-8H,1-2H3. The summed E-state index contributed by atoms with van der Waals surface area (Å²) in [4.78, 5) is 6.18. The van der Waals surface area contributed by atoms with Crippen LogP contribution in [0.3, 0.4) is 0 Å². The van der Waals surface area contributed by atoms with Gasteiger partial charge in [0.2, 0.25) is 0 Å². The second kappa shape index (κ2) is 5.03. The summed E-state index contributed by atoms with van der Waals surface area (Å²) in [5.41, 5.74) is 3.03. The van der Waals surface area contributed by atoms with Crippen LogP contribution in [0.4, 0.5) is 0 Å². The van der Waals surface area contributed by atoms with Gasteiger partial charge in [-0.2, -0.15) is 5.26 Å². The molecule has 0 aliphatic carbocycles. The first-order chi connectivity index (χ1) is 8.19. The predicted octanol–water partition coefficient (Wildman–Crippen LogP) is 3.72. The second-order valence-corrected chi connectivity index (χ2v) is 4.98. The van der Waals surface area contributed by atoms with Gasteiger partial charge in [0.25, 0.3) is 0 Å². The van der Waals surface area contributed by atoms with Crippen molar-refractivity contribution in [3.05, 3.63) is 53.3 Å². The average molecular weight is 240 g/mol. The first-order valence-electron chi connectivity index (χ1n) is 5.30. The van der Waals surface area contributed by atoms with E-state index in [2.05, 4.69) is 37.0 Å². The smallest absolute Gasteiger partial charge is 0.141 e. The molecule has 0 atom stereocenters. The third kappa shape index (κ3) is 2.86. The molecule has 84 valence electrons. The van der Waals surface area contributed by atoms with Crippen molar-refractivity contribution in [2.75, 3.05) is 0 Å². The van der Waals surface area contributed by atoms with Crippen LogP contribution in [-0.4, -0.2) is 4.98 Å². The minimum atomic E-state index is 0.457. The SMILES string of the molecule is Cc1ccc(Sc2ccnc(C#N)c2)cc1C. The normalized spacial score (nSPS) is 9.94. The Kier molecular flexibility index (Phi) is 3.46. The van der Waals surface area contributed by atoms with Crippen LogP contribution in [0.25, 0.3) is 0 Å². The highest BCUT2D eigenvalue weighted by molar-refractivity contribution is 7.99. The van der Waals surface area contributed by atoms with Crippen LogP contribution in [0.1, 0.15) is 16.8 Å². The quantitative estimate of drug-likeness (QED) is 0.802. The monoisotopic (exact) mass is 240 g/mol. The third-order valence-electron chi connectivity index (χ3n) is 2.56. The Hall–Kier alpha value is -1.79. The number of aromatic nitrogens is 1. The summed E-state index contributed by atoms with van der Waals surface area (Å²) in [6.07, 6.45) is 1.67. The Bertz CT molecular complexity index is 585. The van der Waals surface area contributed by atoms with Crippen molar-refractivity contribution in [3.63, 3.8) is 0 Å². The molecule has 0 fully saturated rings. The molecule has 1 aromatic carbocycles. The summed E-state index contributed by atoms with van der Waals surface area (Å²) in [7, 11) is 0. The number of hydrogen-bond donors (Lipinski definition) is 0. The van der Waals surface area contributed by atoms with Gasteiger partial charge in [0.05, 0.1) is 0 Å². The molecular formula is C14H12N2S. The van der Waals surface area contributed by atoms with E-state index in [1.54, 1.807) is 24.0 Å². The molecule has 0 amide bonds. The highest BCUT2D eigenvalue weighted by Crippen LogP contribution is 2.28. The first kappa shape index (κ1) is 11.7. The number of benzene rings is 1. The Labute approximate surface area is 105 Å². The molecule has 0 saturated heterocycles. The summed E-state index contributed by atoms with van der Waals surface area (Å²) >= 11 is 1.65. The molecule has 2 aromatic rings. The highest BCUT2D eigenvalue weighted by atomic mass is 32.2. The van der Waals surface area contributed by atoms with Gasteiger partial charge in [-0.05, 0) is 49.2 Å². The maximum absolute atomic E-state index is 8.79. The van der Waals surface area contributed by atoms with Crippen LogP contribution in [0.5, 0.6) is 0 Å². The van der Waals surface area contributed by atoms with Crippen molar-refractivity contribution in [2.45, 2.75) is 23.6 Å². The van der Waals surface area contributed by atoms with Crippen LogP contribution in [0.2, 0.25) is 0 Å². The number of rotatable bonds is 2. The highest BCUT2D eigenvalue weighted by Gasteiger charge is 2.01. The van der Waals surface area contributed by atoms with E-state index in [-0.39, 0.29) is 0 Å². The van der Waals surface area contributed by atoms with Crippen LogP contribution < -0.4 is 0 Å². The van der Waals surface area contributed by atoms with Crippen molar-refractivity contribution in [2.24, 2.45) is 0 Å². The van der Waals surface area contributed by atoms with Gasteiger partial charge in [-0.25, -0.2) is 4.98 Å². The second-order valence-electron chi connectivity index (χ2n) is 3.84. The summed E-state index contributed by atoms with van der Waals surface area (Å²) in [6.45, 7) is 4.21. The molecule has 0 aliphatic rings. The number of hydrogen-bond acceptors (Lipinski definition) is 3. The topological polar surface area (TPSA) is 36.7 Å². The van der Waals surface area contributed by atoms with Gasteiger partial charge in [-0.1, -0.05) is 17.8 Å². The van der Waals surface area contributed by atoms with Gasteiger partial charge in [-0.3, -0.25) is 0 Å². The van der Waals surface area contributed by atoms with E-state index < -0.39 is 0 Å². The van der Waals surface area contributed by atoms with Gasteiger partial charge in [0.15, 0.2) is 0 Å². The fourth-order valence-corrected chi connectivity index (χ4v) is 2.39. The van der Waals surface area contributed by atoms with Crippen molar-refractivity contribution < 1.29 is 0 Å². The first-order valence-corrected chi connectivity index (χ1v) is 6.12. The van der Waals surface area contributed by atoms with Crippen molar-refractivity contribution in [3.8, 4) is 6.07 Å². The summed E-state index contributed by atoms with van der Waals surface area (Å²) < 4.78 is 0. The summed E-state index contributed by atoms with van der Waals surface area (Å²) in [6, 6.07) is 12.1. The largest absolute Gasteiger partial charge is 0.245 e. The molecular weight excluding hydrogens is 228 g/mol. The summed E-state index contributed by atoms with van der Waals surface area (Å²) in [5.74, 6) is 0. The van der Waals surface area contributed by atoms with Crippen molar-refractivity contribution in [1.29, 1.82) is 5.26 Å². The van der Waals surface area contributed by atoms with Crippen LogP contribution in [-0.2, 0) is 0 Å². The van der Waals surface area contributed by atoms with Crippen LogP contribution in [0.15, 0.2) is 46.3 Å². The lowest BCUT2D eigenvalue weighted by Crippen LogP contribution is -1.83. The van der Waals surface area contributed by atoms with Gasteiger partial charge in [0.1, 0.15) is 11.8 Å². The fraction of sp³-hybridized carbons (Fsp3) is 0.143. The van der Waals surface area contributed by atoms with Crippen molar-refractivity contribution in [1.82, 2.24) is 4.98 Å². The molecule has 1 aromatic heterocycles. The van der Waals surface area contributed by atoms with E-state index >= 15 is 0 Å². The number of nitriles is 1. The molecule has 0 unspecified atom stereocenters. The zero-order chi connectivity index (χ0) is 12.3. The van der Waals surface area contributed by atoms with Crippen molar-refractivity contribution >= 4 is 11.8 Å². The average Bonchev–Trinajstić information content (AvgIpc) is 2.34. The molecule has 17 heavy (non-hydrogen) atoms. The van der Waals surface area contributed by atoms with E-state index in [1.807, 2.05) is 12.1 Å². The predicted molar refractivity (Wildman–Crippen MR) is 69.0 cm³/mol. The van der Waals surface area contributed by atoms with Crippen LogP contribution in [0, 0.1) is 25.2 Å². The Morgan fingerprint density at radius 1 is 1.06 bits per heavy atom. The Morgan fingerprint density at radius 3 is 2.53 bits per heavy atom. The Morgan fingerprint density at radius 2 is 1.82 bits per heavy atom. The van der Waals surface area contributed by atoms with Gasteiger partial charge < -0.3 is 0 Å². The molecule has 0 radical (unpaired) electrons. The number of nitrogens with zero attached hydrogens (tertiary/aromatic N) is 2. The zero-order valence-electron chi connectivity index (χ0n) is 9.77. The molecule has 0 saturated carbocycles. The molecule has 1 heterocycles. The maximum atomic E-state index is 8.79. The van der Waals surface area contributed by atoms with E-state index in [0.29, 0.717) is 5.69 Å². The molecule has 2 nitrogen and oxygen atoms in total. The van der Waals surface area contributed by atoms with E-state index in [9.17, 15) is 0 Å². The zero-order valence-corrected chi connectivity index (χ0v) is 10.6. The minimum absolute atomic E-state index is 0.457. The Balaban J connectivity index is 2.25. The van der Waals surface area contributed by atoms with Gasteiger partial charge in [0, 0.05) is 16.0 Å². The van der Waals surface area contributed by atoms with E-state index in [0.717, 1.165) is 4.90 Å². The lowest BCUT2D eigenvalue weighted by molar-refractivity contribution is 1.21. The van der Waals surface area contributed by atoms with Gasteiger partial charge >= 0.3 is 0 Å². The lowest BCUT2D eigenvalue weighted by Gasteiger charge is -2.05. The molecule has 0 aliphatic heterocycles.